The average Bonchev–Trinajstić information content (AvgIpc) is 3.50. The number of carbonyl (C=O) groups excluding carboxylic acids is 2. The molecular formula is C22H24O4. The van der Waals surface area contributed by atoms with Crippen molar-refractivity contribution in [1.29, 1.82) is 0 Å². The molecule has 2 aromatic carbocycles. The molecule has 0 spiro atoms. The molecule has 0 aliphatic carbocycles. The maximum Gasteiger partial charge on any atom is 0.308 e. The van der Waals surface area contributed by atoms with E-state index in [4.69, 9.17) is 9.78 Å². The highest BCUT2D eigenvalue weighted by atomic mass is 17.4. The van der Waals surface area contributed by atoms with Crippen LogP contribution in [0.15, 0.2) is 60.7 Å². The minimum absolute atomic E-state index is 0.102. The van der Waals surface area contributed by atoms with Crippen LogP contribution in [0.4, 0.5) is 0 Å². The number of benzene rings is 2. The molecule has 2 atom stereocenters. The topological polar surface area (TPSA) is 59.2 Å². The van der Waals surface area contributed by atoms with E-state index in [0.717, 1.165) is 12.8 Å². The van der Waals surface area contributed by atoms with Crippen LogP contribution < -0.4 is 0 Å². The summed E-state index contributed by atoms with van der Waals surface area (Å²) in [5.74, 6) is -2.13. The third-order valence-electron chi connectivity index (χ3n) is 5.48. The normalized spacial score (nSPS) is 18.6. The van der Waals surface area contributed by atoms with E-state index in [1.54, 1.807) is 43.3 Å². The highest BCUT2D eigenvalue weighted by Crippen LogP contribution is 2.55. The van der Waals surface area contributed by atoms with Crippen molar-refractivity contribution < 1.29 is 19.4 Å². The molecule has 1 aliphatic heterocycles. The first-order valence-electron chi connectivity index (χ1n) is 9.04. The van der Waals surface area contributed by atoms with Gasteiger partial charge in [0, 0.05) is 11.1 Å². The zero-order valence-electron chi connectivity index (χ0n) is 15.4. The van der Waals surface area contributed by atoms with E-state index >= 15 is 0 Å². The second-order valence-corrected chi connectivity index (χ2v) is 7.07. The van der Waals surface area contributed by atoms with Gasteiger partial charge in [0.1, 0.15) is 5.41 Å². The van der Waals surface area contributed by atoms with Crippen LogP contribution in [0, 0.1) is 11.3 Å². The molecule has 26 heavy (non-hydrogen) atoms. The quantitative estimate of drug-likeness (QED) is 0.387. The molecule has 0 aromatic heterocycles. The Kier molecular flexibility index (Phi) is 5.08. The minimum atomic E-state index is -1.57. The van der Waals surface area contributed by atoms with Crippen molar-refractivity contribution in [3.8, 4) is 0 Å². The lowest BCUT2D eigenvalue weighted by molar-refractivity contribution is 0.0337. The van der Waals surface area contributed by atoms with Gasteiger partial charge in [-0.15, -0.1) is 0 Å². The Balaban J connectivity index is 2.06. The van der Waals surface area contributed by atoms with Gasteiger partial charge in [-0.25, -0.2) is 0 Å². The standard InChI is InChI=1S/C22H24O4/c1-4-11-16(2)21(3,19(23)17-12-7-5-8-13-17)22(25-26-22)20(24)18-14-9-6-10-15-18/h5-10,12-16H,4,11H2,1-3H3. The Labute approximate surface area is 154 Å². The summed E-state index contributed by atoms with van der Waals surface area (Å²) in [5, 5.41) is 0. The summed E-state index contributed by atoms with van der Waals surface area (Å²) in [6.07, 6.45) is 1.68. The van der Waals surface area contributed by atoms with Gasteiger partial charge in [-0.2, -0.15) is 9.78 Å². The lowest BCUT2D eigenvalue weighted by Gasteiger charge is -2.36. The molecule has 1 fully saturated rings. The Bertz CT molecular complexity index is 780. The van der Waals surface area contributed by atoms with E-state index in [-0.39, 0.29) is 17.5 Å². The zero-order valence-corrected chi connectivity index (χ0v) is 15.4. The molecule has 3 rings (SSSR count). The number of hydrogen-bond donors (Lipinski definition) is 0. The van der Waals surface area contributed by atoms with E-state index in [2.05, 4.69) is 6.92 Å². The van der Waals surface area contributed by atoms with Crippen molar-refractivity contribution in [1.82, 2.24) is 0 Å². The lowest BCUT2D eigenvalue weighted by atomic mass is 9.64. The molecule has 0 N–H and O–H groups in total. The molecule has 0 bridgehead atoms. The summed E-state index contributed by atoms with van der Waals surface area (Å²) in [6, 6.07) is 17.9. The van der Waals surface area contributed by atoms with Crippen LogP contribution in [0.3, 0.4) is 0 Å². The Morgan fingerprint density at radius 2 is 1.46 bits per heavy atom. The summed E-state index contributed by atoms with van der Waals surface area (Å²) in [4.78, 5) is 37.3. The highest BCUT2D eigenvalue weighted by Gasteiger charge is 2.73. The summed E-state index contributed by atoms with van der Waals surface area (Å²) >= 11 is 0. The van der Waals surface area contributed by atoms with Gasteiger partial charge in [0.15, 0.2) is 5.78 Å². The highest BCUT2D eigenvalue weighted by molar-refractivity contribution is 6.10. The molecule has 1 saturated heterocycles. The van der Waals surface area contributed by atoms with Gasteiger partial charge in [0.05, 0.1) is 0 Å². The van der Waals surface area contributed by atoms with Crippen molar-refractivity contribution in [3.05, 3.63) is 71.8 Å². The first kappa shape index (κ1) is 18.5. The predicted molar refractivity (Wildman–Crippen MR) is 98.6 cm³/mol. The summed E-state index contributed by atoms with van der Waals surface area (Å²) in [6.45, 7) is 5.83. The van der Waals surface area contributed by atoms with Crippen LogP contribution >= 0.6 is 0 Å². The fraction of sp³-hybridized carbons (Fsp3) is 0.364. The predicted octanol–water partition coefficient (Wildman–Crippen LogP) is 4.85. The van der Waals surface area contributed by atoms with Gasteiger partial charge in [0.2, 0.25) is 5.78 Å². The molecule has 136 valence electrons. The molecule has 4 nitrogen and oxygen atoms in total. The smallest absolute Gasteiger partial charge is 0.293 e. The monoisotopic (exact) mass is 352 g/mol. The molecule has 0 radical (unpaired) electrons. The summed E-state index contributed by atoms with van der Waals surface area (Å²) < 4.78 is 0. The van der Waals surface area contributed by atoms with E-state index in [1.165, 1.54) is 0 Å². The molecule has 0 amide bonds. The molecule has 2 aromatic rings. The third kappa shape index (κ3) is 2.89. The maximum absolute atomic E-state index is 13.5. The number of ketones is 2. The molecule has 0 saturated carbocycles. The number of hydrogen-bond acceptors (Lipinski definition) is 4. The van der Waals surface area contributed by atoms with Gasteiger partial charge in [-0.1, -0.05) is 80.9 Å². The van der Waals surface area contributed by atoms with Crippen LogP contribution in [0.1, 0.15) is 54.3 Å². The van der Waals surface area contributed by atoms with Gasteiger partial charge in [0.25, 0.3) is 0 Å². The molecule has 1 heterocycles. The molecule has 1 aliphatic rings. The van der Waals surface area contributed by atoms with Gasteiger partial charge < -0.3 is 0 Å². The maximum atomic E-state index is 13.5. The number of carbonyl (C=O) groups is 2. The van der Waals surface area contributed by atoms with Crippen molar-refractivity contribution in [2.45, 2.75) is 39.4 Å². The van der Waals surface area contributed by atoms with E-state index in [9.17, 15) is 9.59 Å². The second-order valence-electron chi connectivity index (χ2n) is 7.07. The summed E-state index contributed by atoms with van der Waals surface area (Å²) in [7, 11) is 0. The lowest BCUT2D eigenvalue weighted by Crippen LogP contribution is -2.52. The molecule has 2 unspecified atom stereocenters. The van der Waals surface area contributed by atoms with Crippen LogP contribution in [0.5, 0.6) is 0 Å². The van der Waals surface area contributed by atoms with Crippen LogP contribution in [-0.2, 0) is 9.78 Å². The minimum Gasteiger partial charge on any atom is -0.293 e. The van der Waals surface area contributed by atoms with Crippen LogP contribution in [-0.4, -0.2) is 17.4 Å². The van der Waals surface area contributed by atoms with Gasteiger partial charge >= 0.3 is 5.79 Å². The van der Waals surface area contributed by atoms with Crippen molar-refractivity contribution in [2.24, 2.45) is 11.3 Å². The van der Waals surface area contributed by atoms with Crippen LogP contribution in [0.2, 0.25) is 0 Å². The first-order chi connectivity index (χ1) is 12.5. The third-order valence-corrected chi connectivity index (χ3v) is 5.48. The van der Waals surface area contributed by atoms with Crippen LogP contribution in [0.25, 0.3) is 0 Å². The van der Waals surface area contributed by atoms with Crippen molar-refractivity contribution in [2.75, 3.05) is 0 Å². The number of rotatable bonds is 8. The Morgan fingerprint density at radius 3 is 1.92 bits per heavy atom. The molecular weight excluding hydrogens is 328 g/mol. The van der Waals surface area contributed by atoms with Gasteiger partial charge in [-0.3, -0.25) is 9.59 Å². The Morgan fingerprint density at radius 1 is 0.962 bits per heavy atom. The van der Waals surface area contributed by atoms with E-state index < -0.39 is 11.2 Å². The second kappa shape index (κ2) is 7.14. The van der Waals surface area contributed by atoms with E-state index in [0.29, 0.717) is 11.1 Å². The SMILES string of the molecule is CCCC(C)C(C)(C(=O)c1ccccc1)C1(C(=O)c2ccccc2)OO1. The van der Waals surface area contributed by atoms with Crippen molar-refractivity contribution >= 4 is 11.6 Å². The average molecular weight is 352 g/mol. The molecule has 4 heteroatoms. The number of Topliss-reactive ketones (excluding diaryl/α,β-unsaturated/α-hetero) is 2. The summed E-state index contributed by atoms with van der Waals surface area (Å²) in [5.41, 5.74) is -0.102. The first-order valence-corrected chi connectivity index (χ1v) is 9.04. The largest absolute Gasteiger partial charge is 0.308 e. The van der Waals surface area contributed by atoms with Crippen molar-refractivity contribution in [3.63, 3.8) is 0 Å². The fourth-order valence-corrected chi connectivity index (χ4v) is 3.61. The van der Waals surface area contributed by atoms with E-state index in [1.807, 2.05) is 31.2 Å². The Hall–Kier alpha value is -2.30. The zero-order chi connectivity index (χ0) is 18.8. The van der Waals surface area contributed by atoms with Gasteiger partial charge in [-0.05, 0) is 19.3 Å². The fourth-order valence-electron chi connectivity index (χ4n) is 3.61.